The van der Waals surface area contributed by atoms with Crippen LogP contribution < -0.4 is 5.32 Å². The second kappa shape index (κ2) is 9.53. The summed E-state index contributed by atoms with van der Waals surface area (Å²) in [5.41, 5.74) is 2.83. The normalized spacial score (nSPS) is 16.9. The number of para-hydroxylation sites is 2. The standard InChI is InChI=1S/C25H31BrN4O2/c1-25(2,3)32-24(31)29-14-6-7-19(16-29)15-27-23-28-21-8-4-5-9-22(21)30(23)17-18-10-12-20(26)13-11-18/h4-5,8-13,19H,6-7,14-17H2,1-3H3,(H,27,28). The van der Waals surface area contributed by atoms with E-state index in [0.29, 0.717) is 12.5 Å². The lowest BCUT2D eigenvalue weighted by Crippen LogP contribution is -2.44. The molecule has 32 heavy (non-hydrogen) atoms. The second-order valence-corrected chi connectivity index (χ2v) is 10.4. The number of hydrogen-bond donors (Lipinski definition) is 1. The van der Waals surface area contributed by atoms with Crippen molar-refractivity contribution in [3.63, 3.8) is 0 Å². The third-order valence-corrected chi connectivity index (χ3v) is 6.16. The highest BCUT2D eigenvalue weighted by molar-refractivity contribution is 9.10. The molecule has 1 fully saturated rings. The van der Waals surface area contributed by atoms with E-state index in [1.54, 1.807) is 0 Å². The maximum Gasteiger partial charge on any atom is 0.410 e. The zero-order valence-electron chi connectivity index (χ0n) is 19.0. The van der Waals surface area contributed by atoms with E-state index in [4.69, 9.17) is 9.72 Å². The number of imidazole rings is 1. The third-order valence-electron chi connectivity index (χ3n) is 5.63. The molecule has 0 bridgehead atoms. The largest absolute Gasteiger partial charge is 0.444 e. The predicted octanol–water partition coefficient (Wildman–Crippen LogP) is 5.91. The smallest absolute Gasteiger partial charge is 0.410 e. The fourth-order valence-electron chi connectivity index (χ4n) is 4.10. The molecule has 170 valence electrons. The van der Waals surface area contributed by atoms with Gasteiger partial charge in [-0.15, -0.1) is 0 Å². The van der Waals surface area contributed by atoms with E-state index in [-0.39, 0.29) is 6.09 Å². The van der Waals surface area contributed by atoms with Crippen molar-refractivity contribution in [2.45, 2.75) is 45.8 Å². The molecule has 1 saturated heterocycles. The van der Waals surface area contributed by atoms with Crippen molar-refractivity contribution in [1.29, 1.82) is 0 Å². The average Bonchev–Trinajstić information content (AvgIpc) is 3.10. The number of nitrogens with one attached hydrogen (secondary N) is 1. The molecular formula is C25H31BrN4O2. The number of carbonyl (C=O) groups is 1. The molecule has 1 amide bonds. The van der Waals surface area contributed by atoms with Gasteiger partial charge in [0.05, 0.1) is 17.6 Å². The predicted molar refractivity (Wildman–Crippen MR) is 132 cm³/mol. The fraction of sp³-hybridized carbons (Fsp3) is 0.440. The summed E-state index contributed by atoms with van der Waals surface area (Å²) in [5.74, 6) is 1.22. The third kappa shape index (κ3) is 5.63. The molecular weight excluding hydrogens is 468 g/mol. The van der Waals surface area contributed by atoms with Gasteiger partial charge in [-0.25, -0.2) is 9.78 Å². The molecule has 1 aromatic heterocycles. The van der Waals surface area contributed by atoms with E-state index in [1.165, 1.54) is 5.56 Å². The van der Waals surface area contributed by atoms with Crippen molar-refractivity contribution in [2.24, 2.45) is 5.92 Å². The van der Waals surface area contributed by atoms with Gasteiger partial charge in [0.15, 0.2) is 0 Å². The van der Waals surface area contributed by atoms with Gasteiger partial charge in [-0.05, 0) is 69.4 Å². The molecule has 1 aliphatic rings. The van der Waals surface area contributed by atoms with Crippen LogP contribution in [0.25, 0.3) is 11.0 Å². The van der Waals surface area contributed by atoms with Gasteiger partial charge < -0.3 is 19.5 Å². The van der Waals surface area contributed by atoms with Gasteiger partial charge in [-0.2, -0.15) is 0 Å². The van der Waals surface area contributed by atoms with Crippen molar-refractivity contribution >= 4 is 39.0 Å². The van der Waals surface area contributed by atoms with E-state index in [0.717, 1.165) is 53.9 Å². The Balaban J connectivity index is 1.47. The number of amides is 1. The summed E-state index contributed by atoms with van der Waals surface area (Å²) in [7, 11) is 0. The zero-order chi connectivity index (χ0) is 22.7. The molecule has 4 rings (SSSR count). The number of piperidine rings is 1. The Bertz CT molecular complexity index is 1070. The summed E-state index contributed by atoms with van der Waals surface area (Å²) in [5, 5.41) is 3.58. The van der Waals surface area contributed by atoms with E-state index < -0.39 is 5.60 Å². The Morgan fingerprint density at radius 1 is 1.19 bits per heavy atom. The minimum absolute atomic E-state index is 0.218. The highest BCUT2D eigenvalue weighted by Crippen LogP contribution is 2.24. The monoisotopic (exact) mass is 498 g/mol. The fourth-order valence-corrected chi connectivity index (χ4v) is 4.37. The molecule has 0 radical (unpaired) electrons. The van der Waals surface area contributed by atoms with Gasteiger partial charge in [0.2, 0.25) is 5.95 Å². The number of likely N-dealkylation sites (tertiary alicyclic amines) is 1. The van der Waals surface area contributed by atoms with Gasteiger partial charge in [-0.1, -0.05) is 40.2 Å². The summed E-state index contributed by atoms with van der Waals surface area (Å²) in [6.07, 6.45) is 1.85. The number of anilines is 1. The number of carbonyl (C=O) groups excluding carboxylic acids is 1. The van der Waals surface area contributed by atoms with Crippen LogP contribution in [0.1, 0.15) is 39.2 Å². The average molecular weight is 499 g/mol. The van der Waals surface area contributed by atoms with Crippen LogP contribution in [-0.2, 0) is 11.3 Å². The topological polar surface area (TPSA) is 59.4 Å². The second-order valence-electron chi connectivity index (χ2n) is 9.45. The van der Waals surface area contributed by atoms with Crippen LogP contribution >= 0.6 is 15.9 Å². The lowest BCUT2D eigenvalue weighted by atomic mass is 9.98. The lowest BCUT2D eigenvalue weighted by molar-refractivity contribution is 0.0172. The van der Waals surface area contributed by atoms with Crippen molar-refractivity contribution < 1.29 is 9.53 Å². The number of halogens is 1. The van der Waals surface area contributed by atoms with Gasteiger partial charge >= 0.3 is 6.09 Å². The number of nitrogens with zero attached hydrogens (tertiary/aromatic N) is 3. The van der Waals surface area contributed by atoms with Crippen LogP contribution in [0.5, 0.6) is 0 Å². The number of ether oxygens (including phenoxy) is 1. The molecule has 2 aromatic carbocycles. The summed E-state index contributed by atoms with van der Waals surface area (Å²) >= 11 is 3.51. The maximum atomic E-state index is 12.5. The van der Waals surface area contributed by atoms with Crippen LogP contribution in [0, 0.1) is 5.92 Å². The Labute approximate surface area is 198 Å². The minimum Gasteiger partial charge on any atom is -0.444 e. The molecule has 1 N–H and O–H groups in total. The summed E-state index contributed by atoms with van der Waals surface area (Å²) in [6, 6.07) is 16.6. The Hall–Kier alpha value is -2.54. The molecule has 0 aliphatic carbocycles. The van der Waals surface area contributed by atoms with Crippen LogP contribution in [0.15, 0.2) is 53.0 Å². The number of benzene rings is 2. The van der Waals surface area contributed by atoms with Gasteiger partial charge in [-0.3, -0.25) is 0 Å². The number of hydrogen-bond acceptors (Lipinski definition) is 4. The quantitative estimate of drug-likeness (QED) is 0.475. The number of fused-ring (bicyclic) bond motifs is 1. The first kappa shape index (κ1) is 22.6. The number of aromatic nitrogens is 2. The summed E-state index contributed by atoms with van der Waals surface area (Å²) < 4.78 is 8.87. The van der Waals surface area contributed by atoms with Crippen LogP contribution in [0.4, 0.5) is 10.7 Å². The zero-order valence-corrected chi connectivity index (χ0v) is 20.6. The molecule has 0 saturated carbocycles. The molecule has 3 aromatic rings. The van der Waals surface area contributed by atoms with Crippen molar-refractivity contribution in [1.82, 2.24) is 14.5 Å². The molecule has 2 heterocycles. The highest BCUT2D eigenvalue weighted by Gasteiger charge is 2.27. The van der Waals surface area contributed by atoms with E-state index in [9.17, 15) is 4.79 Å². The molecule has 7 heteroatoms. The van der Waals surface area contributed by atoms with Gasteiger partial charge in [0.1, 0.15) is 5.60 Å². The first-order chi connectivity index (χ1) is 15.3. The van der Waals surface area contributed by atoms with E-state index in [2.05, 4.69) is 56.1 Å². The highest BCUT2D eigenvalue weighted by atomic mass is 79.9. The van der Waals surface area contributed by atoms with Gasteiger partial charge in [0.25, 0.3) is 0 Å². The van der Waals surface area contributed by atoms with Gasteiger partial charge in [0, 0.05) is 24.1 Å². The first-order valence-electron chi connectivity index (χ1n) is 11.2. The van der Waals surface area contributed by atoms with Crippen LogP contribution in [0.3, 0.4) is 0 Å². The molecule has 1 unspecified atom stereocenters. The molecule has 6 nitrogen and oxygen atoms in total. The molecule has 1 atom stereocenters. The van der Waals surface area contributed by atoms with E-state index >= 15 is 0 Å². The van der Waals surface area contributed by atoms with Crippen LogP contribution in [-0.4, -0.2) is 45.8 Å². The van der Waals surface area contributed by atoms with Crippen molar-refractivity contribution in [3.8, 4) is 0 Å². The minimum atomic E-state index is -0.472. The van der Waals surface area contributed by atoms with Crippen LogP contribution in [0.2, 0.25) is 0 Å². The Kier molecular flexibility index (Phi) is 6.74. The Morgan fingerprint density at radius 2 is 1.94 bits per heavy atom. The Morgan fingerprint density at radius 3 is 2.69 bits per heavy atom. The number of rotatable bonds is 5. The van der Waals surface area contributed by atoms with Crippen molar-refractivity contribution in [2.75, 3.05) is 25.0 Å². The SMILES string of the molecule is CC(C)(C)OC(=O)N1CCCC(CNc2nc3ccccc3n2Cc2ccc(Br)cc2)C1. The van der Waals surface area contributed by atoms with Crippen molar-refractivity contribution in [3.05, 3.63) is 58.6 Å². The van der Waals surface area contributed by atoms with E-state index in [1.807, 2.05) is 43.9 Å². The molecule has 0 spiro atoms. The summed E-state index contributed by atoms with van der Waals surface area (Å²) in [4.78, 5) is 19.2. The molecule has 1 aliphatic heterocycles. The lowest BCUT2D eigenvalue weighted by Gasteiger charge is -2.34. The summed E-state index contributed by atoms with van der Waals surface area (Å²) in [6.45, 7) is 8.69. The maximum absolute atomic E-state index is 12.5. The first-order valence-corrected chi connectivity index (χ1v) is 12.0.